The monoisotopic (exact) mass is 1130 g/mol. The van der Waals surface area contributed by atoms with Crippen LogP contribution in [0.25, 0.3) is 5.57 Å². The van der Waals surface area contributed by atoms with E-state index in [2.05, 4.69) is 18.9 Å². The number of aromatic carboxylic acids is 1. The second-order valence-electron chi connectivity index (χ2n) is 16.0. The third kappa shape index (κ3) is 13.7. The first-order valence-electron chi connectivity index (χ1n) is 19.8. The van der Waals surface area contributed by atoms with Crippen molar-refractivity contribution in [1.29, 1.82) is 0 Å². The van der Waals surface area contributed by atoms with E-state index in [9.17, 15) is 68.9 Å². The average molecular weight is 1130 g/mol. The third-order valence-electron chi connectivity index (χ3n) is 10.3. The van der Waals surface area contributed by atoms with Crippen molar-refractivity contribution in [3.05, 3.63) is 109 Å². The van der Waals surface area contributed by atoms with Crippen LogP contribution in [-0.4, -0.2) is 114 Å². The fourth-order valence-electron chi connectivity index (χ4n) is 7.55. The molecule has 4 unspecified atom stereocenters. The number of benzene rings is 2. The number of hydrogen-bond donors (Lipinski definition) is 11. The number of phosphoric acid groups is 3. The van der Waals surface area contributed by atoms with Crippen LogP contribution in [0.5, 0.6) is 0 Å². The Hall–Kier alpha value is -4.11. The van der Waals surface area contributed by atoms with E-state index >= 15 is 0 Å². The number of carboxylic acid groups (broad SMARTS) is 1. The van der Waals surface area contributed by atoms with E-state index in [0.717, 1.165) is 27.5 Å². The van der Waals surface area contributed by atoms with Gasteiger partial charge in [-0.3, -0.25) is 23.0 Å². The molecule has 1 fully saturated rings. The maximum atomic E-state index is 13.6. The lowest BCUT2D eigenvalue weighted by Gasteiger charge is -2.31. The second kappa shape index (κ2) is 21.0. The number of carboxylic acids is 1. The van der Waals surface area contributed by atoms with Crippen LogP contribution < -0.4 is 28.2 Å². The Bertz CT molecular complexity index is 3220. The Balaban J connectivity index is 1.17. The number of carbonyl (C=O) groups excluding carboxylic acids is 1. The Kier molecular flexibility index (Phi) is 16.6. The Morgan fingerprint density at radius 1 is 0.986 bits per heavy atom. The van der Waals surface area contributed by atoms with Crippen molar-refractivity contribution in [2.24, 2.45) is 5.73 Å². The summed E-state index contributed by atoms with van der Waals surface area (Å²) in [6.45, 7) is 2.51. The highest BCUT2D eigenvalue weighted by molar-refractivity contribution is 8.77. The lowest BCUT2D eigenvalue weighted by molar-refractivity contribution is -0.0543. The molecule has 28 nitrogen and oxygen atoms in total. The number of carbonyl (C=O) groups is 2. The van der Waals surface area contributed by atoms with Crippen molar-refractivity contribution in [1.82, 2.24) is 14.9 Å². The Morgan fingerprint density at radius 2 is 1.66 bits per heavy atom. The number of aromatic nitrogens is 2. The third-order valence-corrected chi connectivity index (χ3v) is 19.2. The fourth-order valence-corrected chi connectivity index (χ4v) is 14.5. The number of hydrogen-bond acceptors (Lipinski definition) is 21. The summed E-state index contributed by atoms with van der Waals surface area (Å²) in [5.41, 5.74) is 15.2. The van der Waals surface area contributed by atoms with Gasteiger partial charge in [-0.15, -0.1) is 0 Å². The molecule has 0 radical (unpaired) electrons. The van der Waals surface area contributed by atoms with Gasteiger partial charge in [0, 0.05) is 35.9 Å². The molecule has 1 aliphatic heterocycles. The van der Waals surface area contributed by atoms with Crippen molar-refractivity contribution in [2.45, 2.75) is 60.8 Å². The van der Waals surface area contributed by atoms with Gasteiger partial charge in [0.2, 0.25) is 0 Å². The van der Waals surface area contributed by atoms with Crippen molar-refractivity contribution >= 4 is 94.2 Å². The van der Waals surface area contributed by atoms with Crippen LogP contribution in [0.4, 0.5) is 11.5 Å². The maximum Gasteiger partial charge on any atom is 0.490 e. The summed E-state index contributed by atoms with van der Waals surface area (Å²) in [4.78, 5) is 78.3. The molecule has 2 aromatic carbocycles. The zero-order chi connectivity index (χ0) is 52.8. The minimum atomic E-state index is -5.84. The number of allylic oxidation sites excluding steroid dienone is 3. The number of ether oxygens (including phenoxy) is 2. The van der Waals surface area contributed by atoms with Crippen LogP contribution in [0.1, 0.15) is 63.9 Å². The van der Waals surface area contributed by atoms with Crippen LogP contribution in [0, 0.1) is 0 Å². The molecular weight excluding hydrogens is 1090 g/mol. The largest absolute Gasteiger partial charge is 0.490 e. The van der Waals surface area contributed by atoms with E-state index in [-0.39, 0.29) is 63.7 Å². The van der Waals surface area contributed by atoms with E-state index < -0.39 is 125 Å². The highest BCUT2D eigenvalue weighted by atomic mass is 33.1. The van der Waals surface area contributed by atoms with E-state index in [1.54, 1.807) is 13.8 Å². The number of phosphoric ester groups is 1. The number of nitrogens with one attached hydrogen (secondary N) is 1. The van der Waals surface area contributed by atoms with Gasteiger partial charge in [0.15, 0.2) is 0 Å². The molecule has 6 rings (SSSR count). The SMILES string of the molecule is CC(C)(CNC(=O)c1ccc(C2=C3C=CC(N)C(S(=O)(=O)O)=C3Cc3c2ccc(N)c3S(=O)(=O)O)c(C(=O)O)c1)SSCOC1C[C@H](n2ccc(N)nc2=O)O[C@@H]1COP(=O)(O)OP(=O)(O)OP(=O)(O)O. The van der Waals surface area contributed by atoms with Crippen molar-refractivity contribution in [3.8, 4) is 0 Å². The van der Waals surface area contributed by atoms with Gasteiger partial charge in [-0.2, -0.15) is 30.4 Å². The summed E-state index contributed by atoms with van der Waals surface area (Å²) >= 11 is 0. The second-order valence-corrected chi connectivity index (χ2v) is 26.1. The van der Waals surface area contributed by atoms with Crippen molar-refractivity contribution < 1.29 is 96.5 Å². The predicted octanol–water partition coefficient (Wildman–Crippen LogP) is 2.31. The molecule has 0 bridgehead atoms. The van der Waals surface area contributed by atoms with Gasteiger partial charge in [-0.1, -0.05) is 45.9 Å². The molecule has 1 amide bonds. The maximum absolute atomic E-state index is 13.6. The first-order chi connectivity index (χ1) is 32.7. The van der Waals surface area contributed by atoms with Gasteiger partial charge >= 0.3 is 35.1 Å². The number of fused-ring (bicyclic) bond motifs is 2. The number of anilines is 2. The van der Waals surface area contributed by atoms with Crippen LogP contribution >= 0.6 is 45.1 Å². The summed E-state index contributed by atoms with van der Waals surface area (Å²) in [7, 11) is -24.9. The van der Waals surface area contributed by atoms with E-state index in [4.69, 9.17) is 41.0 Å². The molecule has 388 valence electrons. The molecule has 14 N–H and O–H groups in total. The molecule has 1 saturated heterocycles. The number of nitrogen functional groups attached to an aromatic ring is 2. The van der Waals surface area contributed by atoms with Crippen LogP contribution in [0.15, 0.2) is 80.5 Å². The minimum Gasteiger partial charge on any atom is -0.478 e. The minimum absolute atomic E-state index is 0.0360. The Morgan fingerprint density at radius 3 is 2.28 bits per heavy atom. The topological polar surface area (TPSA) is 466 Å². The highest BCUT2D eigenvalue weighted by Crippen LogP contribution is 2.66. The average Bonchev–Trinajstić information content (AvgIpc) is 3.62. The quantitative estimate of drug-likeness (QED) is 0.0193. The molecular formula is C36H43N6O22P3S4. The Labute approximate surface area is 410 Å². The highest BCUT2D eigenvalue weighted by Gasteiger charge is 2.44. The smallest absolute Gasteiger partial charge is 0.478 e. The van der Waals surface area contributed by atoms with Gasteiger partial charge in [0.1, 0.15) is 29.0 Å². The van der Waals surface area contributed by atoms with Crippen molar-refractivity contribution in [3.63, 3.8) is 0 Å². The molecule has 3 aromatic rings. The van der Waals surface area contributed by atoms with Crippen LogP contribution in [0.2, 0.25) is 0 Å². The zero-order valence-electron chi connectivity index (χ0n) is 36.4. The molecule has 71 heavy (non-hydrogen) atoms. The standard InChI is InChI=1S/C36H43N6O22P3S4/c1-36(2,69-68-16-60-26-13-29(42-10-9-28(39)41-35(42)46)62-27(26)14-61-66(50,51)64-67(52,53)63-65(47,48)49)15-40-33(43)17-3-4-20(23(11-17)34(44)45)30-18-5-7-24(37)31(70(54,55)56)21(18)12-22-19(30)6-8-25(38)32(22)71(57,58)59/h3-11,24,26-27,29H,12-16,37-38H2,1-2H3,(H,40,43)(H,44,45)(H,50,51)(H,52,53)(H2,39,41,46)(H2,47,48,49)(H,54,55,56)(H,57,58,59)/t24?,26?,27-,29-/m1/s1. The van der Waals surface area contributed by atoms with E-state index in [1.807, 2.05) is 0 Å². The van der Waals surface area contributed by atoms with Crippen LogP contribution in [0.3, 0.4) is 0 Å². The summed E-state index contributed by atoms with van der Waals surface area (Å²) in [5.74, 6) is -2.55. The summed E-state index contributed by atoms with van der Waals surface area (Å²) in [6, 6.07) is 5.93. The molecule has 0 saturated carbocycles. The molecule has 35 heteroatoms. The fraction of sp³-hybridized carbons (Fsp3) is 0.333. The molecule has 1 aromatic heterocycles. The molecule has 3 aliphatic rings. The predicted molar refractivity (Wildman–Crippen MR) is 252 cm³/mol. The van der Waals surface area contributed by atoms with E-state index in [1.165, 1.54) is 53.4 Å². The van der Waals surface area contributed by atoms with E-state index in [0.29, 0.717) is 0 Å². The zero-order valence-corrected chi connectivity index (χ0v) is 42.3. The van der Waals surface area contributed by atoms with Gasteiger partial charge in [-0.05, 0) is 71.5 Å². The molecule has 6 atom stereocenters. The normalized spacial score (nSPS) is 21.3. The number of amides is 1. The first-order valence-corrected chi connectivity index (χ1v) is 29.5. The number of rotatable bonds is 20. The molecule has 2 heterocycles. The molecule has 0 spiro atoms. The number of nitrogens with two attached hydrogens (primary N) is 3. The summed E-state index contributed by atoms with van der Waals surface area (Å²) in [5, 5.41) is 13.2. The first kappa shape index (κ1) is 56.2. The van der Waals surface area contributed by atoms with Crippen LogP contribution in [-0.2, 0) is 63.0 Å². The van der Waals surface area contributed by atoms with Gasteiger partial charge in [0.25, 0.3) is 26.1 Å². The number of nitrogens with zero attached hydrogens (tertiary/aromatic N) is 2. The lowest BCUT2D eigenvalue weighted by Crippen LogP contribution is -2.36. The van der Waals surface area contributed by atoms with Gasteiger partial charge in [-0.25, -0.2) is 23.3 Å². The lowest BCUT2D eigenvalue weighted by atomic mass is 9.76. The van der Waals surface area contributed by atoms with Gasteiger partial charge < -0.3 is 56.7 Å². The summed E-state index contributed by atoms with van der Waals surface area (Å²) in [6.07, 6.45) is -0.197. The molecule has 2 aliphatic carbocycles. The van der Waals surface area contributed by atoms with Crippen molar-refractivity contribution in [2.75, 3.05) is 30.6 Å². The summed E-state index contributed by atoms with van der Waals surface area (Å²) < 4.78 is 131. The van der Waals surface area contributed by atoms with Gasteiger partial charge in [0.05, 0.1) is 34.9 Å².